The Morgan fingerprint density at radius 1 is 1.04 bits per heavy atom. The van der Waals surface area contributed by atoms with E-state index < -0.39 is 23.3 Å². The van der Waals surface area contributed by atoms with E-state index in [4.69, 9.17) is 15.2 Å². The van der Waals surface area contributed by atoms with Crippen molar-refractivity contribution in [2.45, 2.75) is 89.7 Å². The summed E-state index contributed by atoms with van der Waals surface area (Å²) in [6, 6.07) is 9.94. The molecule has 0 bridgehead atoms. The van der Waals surface area contributed by atoms with Crippen LogP contribution in [0.2, 0.25) is 0 Å². The monoisotopic (exact) mass is 696 g/mol. The van der Waals surface area contributed by atoms with E-state index in [0.717, 1.165) is 48.8 Å². The van der Waals surface area contributed by atoms with Crippen LogP contribution in [0.1, 0.15) is 94.9 Å². The number of amidine groups is 1. The van der Waals surface area contributed by atoms with Gasteiger partial charge in [-0.2, -0.15) is 5.10 Å². The fourth-order valence-electron chi connectivity index (χ4n) is 11.3. The van der Waals surface area contributed by atoms with Crippen molar-refractivity contribution >= 4 is 34.4 Å². The number of anilines is 1. The molecule has 10 nitrogen and oxygen atoms in total. The molecule has 1 aromatic heterocycles. The lowest BCUT2D eigenvalue weighted by atomic mass is 9.45. The number of carbonyl (C=O) groups excluding carboxylic acids is 1. The number of Topliss-reactive ketones (excluding diaryl/α,β-unsaturated/α-hetero) is 1. The van der Waals surface area contributed by atoms with Gasteiger partial charge in [0.15, 0.2) is 0 Å². The first-order valence-electron chi connectivity index (χ1n) is 18.7. The highest BCUT2D eigenvalue weighted by Gasteiger charge is 2.60. The lowest BCUT2D eigenvalue weighted by Crippen LogP contribution is -2.54. The number of aromatic nitrogens is 2. The first-order valence-corrected chi connectivity index (χ1v) is 18.7. The van der Waals surface area contributed by atoms with E-state index in [1.54, 1.807) is 7.05 Å². The van der Waals surface area contributed by atoms with E-state index in [1.807, 2.05) is 24.3 Å². The Morgan fingerprint density at radius 2 is 1.84 bits per heavy atom. The molecular weight excluding hydrogens is 647 g/mol. The number of rotatable bonds is 7. The third-order valence-corrected chi connectivity index (χ3v) is 13.8. The van der Waals surface area contributed by atoms with Crippen molar-refractivity contribution in [3.05, 3.63) is 63.8 Å². The molecule has 0 amide bonds. The highest BCUT2D eigenvalue weighted by atomic mass is 19.1. The van der Waals surface area contributed by atoms with Crippen LogP contribution in [-0.2, 0) is 9.53 Å². The smallest absolute Gasteiger partial charge is 0.272 e. The van der Waals surface area contributed by atoms with Crippen molar-refractivity contribution < 1.29 is 18.7 Å². The van der Waals surface area contributed by atoms with Gasteiger partial charge in [-0.15, -0.1) is 0 Å². The number of hydrogen-bond donors (Lipinski definition) is 3. The number of aromatic amines is 1. The van der Waals surface area contributed by atoms with Gasteiger partial charge in [0, 0.05) is 31.0 Å². The Balaban J connectivity index is 0.922. The first kappa shape index (κ1) is 34.0. The number of fused-ring (bicyclic) bond motifs is 5. The van der Waals surface area contributed by atoms with Crippen LogP contribution in [0, 0.1) is 40.3 Å². The molecule has 9 atom stereocenters. The molecule has 4 fully saturated rings. The SMILES string of the molecule is CN=C(N=CN)C1c2n[nH]c(=O)c3cc(F)cc(c23)NC1c1ccc(OCCO[C@H]2CC[C@H]3[C@@H]4CC[C@H]5CC(=O)CC[C@]5(C)[C@H]4CC[C@]23C)cc1. The van der Waals surface area contributed by atoms with Crippen LogP contribution in [0.15, 0.2) is 51.2 Å². The van der Waals surface area contributed by atoms with Gasteiger partial charge in [-0.3, -0.25) is 14.6 Å². The topological polar surface area (TPSA) is 144 Å². The van der Waals surface area contributed by atoms with Gasteiger partial charge in [0.2, 0.25) is 0 Å². The third-order valence-electron chi connectivity index (χ3n) is 13.8. The molecule has 8 rings (SSSR count). The summed E-state index contributed by atoms with van der Waals surface area (Å²) in [5, 5.41) is 11.1. The molecule has 5 aliphatic rings. The number of aliphatic imine (C=N–C) groups is 2. The lowest BCUT2D eigenvalue weighted by Gasteiger charge is -2.60. The van der Waals surface area contributed by atoms with Gasteiger partial charge in [-0.25, -0.2) is 14.5 Å². The maximum absolute atomic E-state index is 14.6. The van der Waals surface area contributed by atoms with Crippen LogP contribution in [0.25, 0.3) is 10.8 Å². The standard InChI is InChI=1S/C40H49FN6O4/c1-39-14-12-25(48)18-23(39)6-9-27-29-10-11-32(40(29,2)15-13-30(27)39)51-17-16-50-26-7-4-22(5-8-26)35-34(37(43-3)44-21-42)36-33-28(38(49)47-46-36)19-24(41)20-31(33)45-35/h4-5,7-8,19-21,23,27,29-30,32,34-35,45H,6,9-18H2,1-3H3,(H,47,49)(H2,42,43,44)/t23-,27-,29-,30-,32-,34?,35?,39-,40-/m0/s1. The van der Waals surface area contributed by atoms with Gasteiger partial charge >= 0.3 is 0 Å². The normalized spacial score (nSPS) is 34.5. The summed E-state index contributed by atoms with van der Waals surface area (Å²) in [5.74, 6) is 3.37. The van der Waals surface area contributed by atoms with E-state index >= 15 is 0 Å². The molecule has 4 aliphatic carbocycles. The Labute approximate surface area is 297 Å². The average molecular weight is 697 g/mol. The molecule has 51 heavy (non-hydrogen) atoms. The molecule has 2 aromatic carbocycles. The number of hydrogen-bond acceptors (Lipinski definition) is 7. The predicted octanol–water partition coefficient (Wildman–Crippen LogP) is 6.70. The van der Waals surface area contributed by atoms with Gasteiger partial charge in [0.25, 0.3) is 5.56 Å². The van der Waals surface area contributed by atoms with Crippen LogP contribution in [0.3, 0.4) is 0 Å². The van der Waals surface area contributed by atoms with E-state index in [9.17, 15) is 14.0 Å². The van der Waals surface area contributed by atoms with E-state index in [1.165, 1.54) is 50.6 Å². The first-order chi connectivity index (χ1) is 24.6. The summed E-state index contributed by atoms with van der Waals surface area (Å²) in [4.78, 5) is 33.6. The second-order valence-corrected chi connectivity index (χ2v) is 16.1. The lowest BCUT2D eigenvalue weighted by molar-refractivity contribution is -0.145. The zero-order valence-electron chi connectivity index (χ0n) is 29.8. The maximum Gasteiger partial charge on any atom is 0.272 e. The second-order valence-electron chi connectivity index (χ2n) is 16.1. The molecule has 270 valence electrons. The molecule has 3 aromatic rings. The summed E-state index contributed by atoms with van der Waals surface area (Å²) in [5.41, 5.74) is 7.64. The Morgan fingerprint density at radius 3 is 2.63 bits per heavy atom. The summed E-state index contributed by atoms with van der Waals surface area (Å²) in [6.45, 7) is 5.96. The minimum atomic E-state index is -0.519. The fourth-order valence-corrected chi connectivity index (χ4v) is 11.3. The van der Waals surface area contributed by atoms with Crippen LogP contribution in [-0.4, -0.2) is 54.5 Å². The quantitative estimate of drug-likeness (QED) is 0.142. The number of H-pyrrole nitrogens is 1. The van der Waals surface area contributed by atoms with Gasteiger partial charge in [-0.1, -0.05) is 26.0 Å². The summed E-state index contributed by atoms with van der Waals surface area (Å²) in [6.07, 6.45) is 11.4. The molecule has 2 heterocycles. The molecule has 4 saturated carbocycles. The molecule has 0 radical (unpaired) electrons. The van der Waals surface area contributed by atoms with Gasteiger partial charge < -0.3 is 20.5 Å². The highest BCUT2D eigenvalue weighted by Crippen LogP contribution is 2.66. The molecule has 0 saturated heterocycles. The van der Waals surface area contributed by atoms with Gasteiger partial charge in [0.1, 0.15) is 29.8 Å². The number of ether oxygens (including phenoxy) is 2. The van der Waals surface area contributed by atoms with Crippen LogP contribution in [0.5, 0.6) is 5.75 Å². The Hall–Kier alpha value is -4.12. The summed E-state index contributed by atoms with van der Waals surface area (Å²) >= 11 is 0. The van der Waals surface area contributed by atoms with Crippen molar-refractivity contribution in [1.29, 1.82) is 0 Å². The third kappa shape index (κ3) is 5.66. The minimum absolute atomic E-state index is 0.197. The largest absolute Gasteiger partial charge is 0.491 e. The zero-order chi connectivity index (χ0) is 35.5. The molecule has 11 heteroatoms. The van der Waals surface area contributed by atoms with Crippen molar-refractivity contribution in [2.75, 3.05) is 25.6 Å². The fraction of sp³-hybridized carbons (Fsp3) is 0.575. The number of nitrogens with two attached hydrogens (primary N) is 1. The highest BCUT2D eigenvalue weighted by molar-refractivity contribution is 6.04. The van der Waals surface area contributed by atoms with Crippen molar-refractivity contribution in [1.82, 2.24) is 10.2 Å². The van der Waals surface area contributed by atoms with Crippen LogP contribution >= 0.6 is 0 Å². The van der Waals surface area contributed by atoms with Crippen molar-refractivity contribution in [2.24, 2.45) is 50.2 Å². The molecule has 4 N–H and O–H groups in total. The number of halogens is 1. The minimum Gasteiger partial charge on any atom is -0.491 e. The number of ketones is 1. The summed E-state index contributed by atoms with van der Waals surface area (Å²) in [7, 11) is 1.63. The summed E-state index contributed by atoms with van der Waals surface area (Å²) < 4.78 is 27.4. The van der Waals surface area contributed by atoms with Gasteiger partial charge in [-0.05, 0) is 109 Å². The van der Waals surface area contributed by atoms with E-state index in [0.29, 0.717) is 58.9 Å². The number of nitrogens with zero attached hydrogens (tertiary/aromatic N) is 3. The predicted molar refractivity (Wildman–Crippen MR) is 196 cm³/mol. The number of carbonyl (C=O) groups is 1. The van der Waals surface area contributed by atoms with Gasteiger partial charge in [0.05, 0.1) is 42.1 Å². The van der Waals surface area contributed by atoms with Crippen LogP contribution < -0.4 is 21.3 Å². The van der Waals surface area contributed by atoms with Crippen molar-refractivity contribution in [3.8, 4) is 5.75 Å². The van der Waals surface area contributed by atoms with Crippen molar-refractivity contribution in [3.63, 3.8) is 0 Å². The second kappa shape index (κ2) is 13.1. The van der Waals surface area contributed by atoms with E-state index in [-0.39, 0.29) is 16.9 Å². The number of nitrogens with one attached hydrogen (secondary N) is 2. The molecule has 1 aliphatic heterocycles. The maximum atomic E-state index is 14.6. The molecule has 0 spiro atoms. The number of benzene rings is 2. The molecule has 2 unspecified atom stereocenters. The Bertz CT molecular complexity index is 1950. The zero-order valence-corrected chi connectivity index (χ0v) is 29.8. The van der Waals surface area contributed by atoms with Crippen LogP contribution in [0.4, 0.5) is 10.1 Å². The van der Waals surface area contributed by atoms with E-state index in [2.05, 4.69) is 39.3 Å². The Kier molecular flexibility index (Phi) is 8.75. The average Bonchev–Trinajstić information content (AvgIpc) is 3.46. The molecular formula is C40H49FN6O4.